The lowest BCUT2D eigenvalue weighted by molar-refractivity contribution is 0.556. The van der Waals surface area contributed by atoms with Gasteiger partial charge in [-0.25, -0.2) is 8.78 Å². The van der Waals surface area contributed by atoms with Crippen molar-refractivity contribution in [3.8, 4) is 0 Å². The maximum Gasteiger partial charge on any atom is 0.129 e. The van der Waals surface area contributed by atoms with E-state index < -0.39 is 11.6 Å². The Morgan fingerprint density at radius 1 is 1.28 bits per heavy atom. The highest BCUT2D eigenvalue weighted by Gasteiger charge is 2.11. The highest BCUT2D eigenvalue weighted by Crippen LogP contribution is 2.12. The first-order chi connectivity index (χ1) is 8.54. The van der Waals surface area contributed by atoms with E-state index >= 15 is 0 Å². The van der Waals surface area contributed by atoms with Crippen molar-refractivity contribution in [2.75, 3.05) is 0 Å². The quantitative estimate of drug-likeness (QED) is 0.900. The molecule has 0 saturated carbocycles. The lowest BCUT2D eigenvalue weighted by Gasteiger charge is -2.10. The van der Waals surface area contributed by atoms with Gasteiger partial charge in [-0.15, -0.1) is 0 Å². The Morgan fingerprint density at radius 2 is 2.06 bits per heavy atom. The summed E-state index contributed by atoms with van der Waals surface area (Å²) in [7, 11) is 1.83. The lowest BCUT2D eigenvalue weighted by atomic mass is 10.0. The van der Waals surface area contributed by atoms with Gasteiger partial charge in [-0.1, -0.05) is 6.07 Å². The van der Waals surface area contributed by atoms with Crippen LogP contribution in [0.2, 0.25) is 0 Å². The van der Waals surface area contributed by atoms with Gasteiger partial charge in [-0.3, -0.25) is 4.68 Å². The molecule has 0 saturated heterocycles. The third-order valence-electron chi connectivity index (χ3n) is 2.74. The lowest BCUT2D eigenvalue weighted by Crippen LogP contribution is -2.26. The average Bonchev–Trinajstić information content (AvgIpc) is 2.68. The predicted octanol–water partition coefficient (Wildman–Crippen LogP) is 1.81. The Bertz CT molecular complexity index is 537. The fourth-order valence-corrected chi connectivity index (χ4v) is 1.88. The number of hydrogen-bond donors (Lipinski definition) is 1. The first-order valence-electron chi connectivity index (χ1n) is 5.72. The molecule has 0 aliphatic rings. The summed E-state index contributed by atoms with van der Waals surface area (Å²) in [6, 6.07) is 5.19. The summed E-state index contributed by atoms with van der Waals surface area (Å²) in [5.74, 6) is -1.12. The molecule has 0 bridgehead atoms. The predicted molar refractivity (Wildman–Crippen MR) is 64.9 cm³/mol. The average molecular weight is 251 g/mol. The third kappa shape index (κ3) is 3.13. The van der Waals surface area contributed by atoms with E-state index in [4.69, 9.17) is 5.73 Å². The summed E-state index contributed by atoms with van der Waals surface area (Å²) in [5.41, 5.74) is 7.24. The van der Waals surface area contributed by atoms with Crippen molar-refractivity contribution >= 4 is 0 Å². The van der Waals surface area contributed by atoms with Crippen LogP contribution in [0.4, 0.5) is 8.78 Å². The van der Waals surface area contributed by atoms with Crippen molar-refractivity contribution < 1.29 is 8.78 Å². The molecule has 18 heavy (non-hydrogen) atoms. The second-order valence-corrected chi connectivity index (χ2v) is 4.38. The Morgan fingerprint density at radius 3 is 2.67 bits per heavy atom. The number of aryl methyl sites for hydroxylation is 1. The first kappa shape index (κ1) is 12.7. The fraction of sp³-hybridized carbons (Fsp3) is 0.308. The maximum atomic E-state index is 13.4. The van der Waals surface area contributed by atoms with Crippen LogP contribution in [0.3, 0.4) is 0 Å². The van der Waals surface area contributed by atoms with Crippen LogP contribution in [0.1, 0.15) is 11.3 Å². The molecule has 1 aromatic heterocycles. The molecule has 2 aromatic rings. The molecule has 0 amide bonds. The maximum absolute atomic E-state index is 13.4. The van der Waals surface area contributed by atoms with Crippen molar-refractivity contribution in [3.63, 3.8) is 0 Å². The summed E-state index contributed by atoms with van der Waals surface area (Å²) >= 11 is 0. The molecular weight excluding hydrogens is 236 g/mol. The standard InChI is InChI=1S/C13H15F2N3/c1-18-5-4-12(17-18)8-11(16)6-9-2-3-10(14)7-13(9)15/h2-5,7,11H,6,8,16H2,1H3. The smallest absolute Gasteiger partial charge is 0.129 e. The highest BCUT2D eigenvalue weighted by molar-refractivity contribution is 5.20. The Balaban J connectivity index is 2.00. The van der Waals surface area contributed by atoms with Crippen molar-refractivity contribution in [3.05, 3.63) is 53.4 Å². The zero-order valence-corrected chi connectivity index (χ0v) is 10.1. The molecule has 0 spiro atoms. The van der Waals surface area contributed by atoms with Crippen LogP contribution in [0.5, 0.6) is 0 Å². The van der Waals surface area contributed by atoms with Crippen molar-refractivity contribution in [1.82, 2.24) is 9.78 Å². The van der Waals surface area contributed by atoms with Gasteiger partial charge in [0.05, 0.1) is 5.69 Å². The second kappa shape index (κ2) is 5.27. The molecule has 5 heteroatoms. The highest BCUT2D eigenvalue weighted by atomic mass is 19.1. The molecule has 3 nitrogen and oxygen atoms in total. The zero-order chi connectivity index (χ0) is 13.1. The summed E-state index contributed by atoms with van der Waals surface area (Å²) < 4.78 is 27.9. The Hall–Kier alpha value is -1.75. The van der Waals surface area contributed by atoms with Crippen LogP contribution in [-0.2, 0) is 19.9 Å². The van der Waals surface area contributed by atoms with Gasteiger partial charge in [0.25, 0.3) is 0 Å². The van der Waals surface area contributed by atoms with Gasteiger partial charge >= 0.3 is 0 Å². The van der Waals surface area contributed by atoms with E-state index in [1.807, 2.05) is 19.3 Å². The number of nitrogens with two attached hydrogens (primary N) is 1. The van der Waals surface area contributed by atoms with E-state index in [0.29, 0.717) is 18.4 Å². The molecule has 1 atom stereocenters. The van der Waals surface area contributed by atoms with Crippen LogP contribution in [-0.4, -0.2) is 15.8 Å². The van der Waals surface area contributed by atoms with Gasteiger partial charge < -0.3 is 5.73 Å². The van der Waals surface area contributed by atoms with Gasteiger partial charge in [0.1, 0.15) is 11.6 Å². The van der Waals surface area contributed by atoms with Crippen LogP contribution in [0.25, 0.3) is 0 Å². The van der Waals surface area contributed by atoms with Crippen LogP contribution < -0.4 is 5.73 Å². The van der Waals surface area contributed by atoms with Crippen molar-refractivity contribution in [1.29, 1.82) is 0 Å². The monoisotopic (exact) mass is 251 g/mol. The molecule has 0 radical (unpaired) electrons. The summed E-state index contributed by atoms with van der Waals surface area (Å²) in [6.07, 6.45) is 2.76. The molecule has 0 aliphatic carbocycles. The summed E-state index contributed by atoms with van der Waals surface area (Å²) in [5, 5.41) is 4.21. The Kier molecular flexibility index (Phi) is 3.72. The first-order valence-corrected chi connectivity index (χ1v) is 5.72. The topological polar surface area (TPSA) is 43.8 Å². The van der Waals surface area contributed by atoms with Gasteiger partial charge in [0, 0.05) is 31.8 Å². The Labute approximate surface area is 104 Å². The van der Waals surface area contributed by atoms with Gasteiger partial charge in [0.15, 0.2) is 0 Å². The molecule has 1 heterocycles. The number of halogens is 2. The van der Waals surface area contributed by atoms with E-state index in [1.165, 1.54) is 12.1 Å². The molecule has 2 N–H and O–H groups in total. The minimum absolute atomic E-state index is 0.236. The van der Waals surface area contributed by atoms with E-state index in [0.717, 1.165) is 11.8 Å². The van der Waals surface area contributed by atoms with Gasteiger partial charge in [-0.05, 0) is 24.1 Å². The van der Waals surface area contributed by atoms with Crippen LogP contribution >= 0.6 is 0 Å². The van der Waals surface area contributed by atoms with Crippen molar-refractivity contribution in [2.24, 2.45) is 12.8 Å². The molecule has 96 valence electrons. The number of hydrogen-bond acceptors (Lipinski definition) is 2. The van der Waals surface area contributed by atoms with E-state index in [-0.39, 0.29) is 6.04 Å². The van der Waals surface area contributed by atoms with E-state index in [9.17, 15) is 8.78 Å². The van der Waals surface area contributed by atoms with E-state index in [1.54, 1.807) is 4.68 Å². The molecular formula is C13H15F2N3. The van der Waals surface area contributed by atoms with Gasteiger partial charge in [0.2, 0.25) is 0 Å². The van der Waals surface area contributed by atoms with Gasteiger partial charge in [-0.2, -0.15) is 5.10 Å². The molecule has 1 unspecified atom stereocenters. The largest absolute Gasteiger partial charge is 0.327 e. The van der Waals surface area contributed by atoms with Crippen molar-refractivity contribution in [2.45, 2.75) is 18.9 Å². The number of rotatable bonds is 4. The van der Waals surface area contributed by atoms with Crippen LogP contribution in [0, 0.1) is 11.6 Å². The fourth-order valence-electron chi connectivity index (χ4n) is 1.88. The minimum atomic E-state index is -0.574. The number of aromatic nitrogens is 2. The summed E-state index contributed by atoms with van der Waals surface area (Å²) in [6.45, 7) is 0. The molecule has 0 aliphatic heterocycles. The molecule has 0 fully saturated rings. The number of benzene rings is 1. The van der Waals surface area contributed by atoms with E-state index in [2.05, 4.69) is 5.10 Å². The minimum Gasteiger partial charge on any atom is -0.327 e. The van der Waals surface area contributed by atoms with Crippen LogP contribution in [0.15, 0.2) is 30.5 Å². The second-order valence-electron chi connectivity index (χ2n) is 4.38. The third-order valence-corrected chi connectivity index (χ3v) is 2.74. The SMILES string of the molecule is Cn1ccc(CC(N)Cc2ccc(F)cc2F)n1. The molecule has 2 rings (SSSR count). The summed E-state index contributed by atoms with van der Waals surface area (Å²) in [4.78, 5) is 0. The number of nitrogens with zero attached hydrogens (tertiary/aromatic N) is 2. The molecule has 1 aromatic carbocycles. The zero-order valence-electron chi connectivity index (χ0n) is 10.1. The normalized spacial score (nSPS) is 12.7.